The number of rotatable bonds is 5. The molecule has 1 fully saturated rings. The molecule has 0 atom stereocenters. The molecule has 0 unspecified atom stereocenters. The van der Waals surface area contributed by atoms with E-state index < -0.39 is 5.97 Å². The highest BCUT2D eigenvalue weighted by molar-refractivity contribution is 8.13. The number of aromatic nitrogens is 1. The number of nitrogens with one attached hydrogen (secondary N) is 1. The SMILES string of the molecule is O=C(CN1CCSC1=O)OCC(=O)c1c[nH]c2ccccc12. The number of aromatic amines is 1. The van der Waals surface area contributed by atoms with Crippen molar-refractivity contribution in [3.63, 3.8) is 0 Å². The molecule has 7 heteroatoms. The molecule has 1 amide bonds. The minimum atomic E-state index is -0.566. The van der Waals surface area contributed by atoms with Crippen LogP contribution in [0.5, 0.6) is 0 Å². The summed E-state index contributed by atoms with van der Waals surface area (Å²) in [5.74, 6) is -0.155. The van der Waals surface area contributed by atoms with Gasteiger partial charge in [-0.05, 0) is 6.07 Å². The second-order valence-electron chi connectivity index (χ2n) is 4.87. The lowest BCUT2D eigenvalue weighted by Crippen LogP contribution is -2.31. The van der Waals surface area contributed by atoms with E-state index in [2.05, 4.69) is 4.98 Å². The number of benzene rings is 1. The lowest BCUT2D eigenvalue weighted by Gasteiger charge is -2.12. The van der Waals surface area contributed by atoms with Gasteiger partial charge >= 0.3 is 5.97 Å². The number of amides is 1. The van der Waals surface area contributed by atoms with Gasteiger partial charge in [-0.25, -0.2) is 0 Å². The van der Waals surface area contributed by atoms with E-state index in [4.69, 9.17) is 4.74 Å². The molecule has 2 heterocycles. The topological polar surface area (TPSA) is 79.5 Å². The maximum atomic E-state index is 12.1. The summed E-state index contributed by atoms with van der Waals surface area (Å²) in [6.45, 7) is 0.109. The van der Waals surface area contributed by atoms with Crippen molar-refractivity contribution in [1.29, 1.82) is 0 Å². The van der Waals surface area contributed by atoms with Gasteiger partial charge in [-0.1, -0.05) is 30.0 Å². The highest BCUT2D eigenvalue weighted by Gasteiger charge is 2.24. The van der Waals surface area contributed by atoms with Gasteiger partial charge in [0.25, 0.3) is 5.24 Å². The fourth-order valence-electron chi connectivity index (χ4n) is 2.30. The smallest absolute Gasteiger partial charge is 0.326 e. The van der Waals surface area contributed by atoms with Crippen molar-refractivity contribution in [2.75, 3.05) is 25.4 Å². The highest BCUT2D eigenvalue weighted by atomic mass is 32.2. The summed E-state index contributed by atoms with van der Waals surface area (Å²) < 4.78 is 4.98. The summed E-state index contributed by atoms with van der Waals surface area (Å²) in [5, 5.41) is 0.676. The Morgan fingerprint density at radius 1 is 1.32 bits per heavy atom. The van der Waals surface area contributed by atoms with E-state index in [0.717, 1.165) is 10.9 Å². The predicted molar refractivity (Wildman–Crippen MR) is 83.0 cm³/mol. The minimum absolute atomic E-state index is 0.104. The van der Waals surface area contributed by atoms with Crippen LogP contribution in [0.25, 0.3) is 10.9 Å². The molecule has 0 aliphatic carbocycles. The first-order chi connectivity index (χ1) is 10.6. The van der Waals surface area contributed by atoms with Crippen molar-refractivity contribution in [3.8, 4) is 0 Å². The third-order valence-corrected chi connectivity index (χ3v) is 4.31. The third-order valence-electron chi connectivity index (χ3n) is 3.42. The Bertz CT molecular complexity index is 740. The number of hydrogen-bond donors (Lipinski definition) is 1. The molecule has 0 spiro atoms. The van der Waals surface area contributed by atoms with Gasteiger partial charge in [0, 0.05) is 35.0 Å². The first-order valence-electron chi connectivity index (χ1n) is 6.82. The zero-order chi connectivity index (χ0) is 15.5. The van der Waals surface area contributed by atoms with Crippen molar-refractivity contribution < 1.29 is 19.1 Å². The van der Waals surface area contributed by atoms with Crippen LogP contribution < -0.4 is 0 Å². The van der Waals surface area contributed by atoms with Crippen LogP contribution in [0.4, 0.5) is 4.79 Å². The number of ketones is 1. The standard InChI is InChI=1S/C15H14N2O4S/c18-13(11-7-16-12-4-2-1-3-10(11)12)9-21-14(19)8-17-5-6-22-15(17)20/h1-4,7,16H,5-6,8-9H2. The van der Waals surface area contributed by atoms with E-state index in [1.54, 1.807) is 6.20 Å². The van der Waals surface area contributed by atoms with Crippen molar-refractivity contribution in [2.45, 2.75) is 0 Å². The van der Waals surface area contributed by atoms with Crippen molar-refractivity contribution in [3.05, 3.63) is 36.0 Å². The van der Waals surface area contributed by atoms with Crippen molar-refractivity contribution in [2.24, 2.45) is 0 Å². The third kappa shape index (κ3) is 2.99. The van der Waals surface area contributed by atoms with Crippen LogP contribution in [0.15, 0.2) is 30.5 Å². The van der Waals surface area contributed by atoms with E-state index in [-0.39, 0.29) is 24.2 Å². The minimum Gasteiger partial charge on any atom is -0.456 e. The van der Waals surface area contributed by atoms with Crippen LogP contribution in [-0.2, 0) is 9.53 Å². The number of H-pyrrole nitrogens is 1. The van der Waals surface area contributed by atoms with Crippen LogP contribution >= 0.6 is 11.8 Å². The first kappa shape index (κ1) is 14.6. The summed E-state index contributed by atoms with van der Waals surface area (Å²) >= 11 is 1.18. The van der Waals surface area contributed by atoms with E-state index in [0.29, 0.717) is 17.9 Å². The van der Waals surface area contributed by atoms with Gasteiger partial charge in [-0.3, -0.25) is 14.4 Å². The Hall–Kier alpha value is -2.28. The number of thioether (sulfide) groups is 1. The molecule has 1 aromatic heterocycles. The van der Waals surface area contributed by atoms with Gasteiger partial charge in [0.15, 0.2) is 6.61 Å². The molecule has 114 valence electrons. The number of ether oxygens (including phenoxy) is 1. The normalized spacial score (nSPS) is 14.5. The number of nitrogens with zero attached hydrogens (tertiary/aromatic N) is 1. The fourth-order valence-corrected chi connectivity index (χ4v) is 3.12. The average molecular weight is 318 g/mol. The monoisotopic (exact) mass is 318 g/mol. The number of carbonyl (C=O) groups excluding carboxylic acids is 3. The molecule has 0 bridgehead atoms. The Morgan fingerprint density at radius 2 is 2.14 bits per heavy atom. The van der Waals surface area contributed by atoms with Crippen molar-refractivity contribution >= 4 is 39.7 Å². The molecule has 0 radical (unpaired) electrons. The van der Waals surface area contributed by atoms with Crippen LogP contribution in [0, 0.1) is 0 Å². The Kier molecular flexibility index (Phi) is 4.15. The Labute approximate surface area is 130 Å². The maximum absolute atomic E-state index is 12.1. The summed E-state index contributed by atoms with van der Waals surface area (Å²) in [4.78, 5) is 39.7. The molecule has 1 N–H and O–H groups in total. The molecule has 0 saturated carbocycles. The number of esters is 1. The molecule has 1 aromatic carbocycles. The molecule has 22 heavy (non-hydrogen) atoms. The van der Waals surface area contributed by atoms with Gasteiger partial charge < -0.3 is 14.6 Å². The highest BCUT2D eigenvalue weighted by Crippen LogP contribution is 2.19. The van der Waals surface area contributed by atoms with Crippen molar-refractivity contribution in [1.82, 2.24) is 9.88 Å². The number of hydrogen-bond acceptors (Lipinski definition) is 5. The van der Waals surface area contributed by atoms with E-state index in [1.165, 1.54) is 16.7 Å². The Balaban J connectivity index is 1.58. The number of carbonyl (C=O) groups is 3. The maximum Gasteiger partial charge on any atom is 0.326 e. The summed E-state index contributed by atoms with van der Waals surface area (Å²) in [6, 6.07) is 7.42. The molecule has 1 saturated heterocycles. The summed E-state index contributed by atoms with van der Waals surface area (Å²) in [5.41, 5.74) is 1.35. The predicted octanol–water partition coefficient (Wildman–Crippen LogP) is 2.06. The zero-order valence-electron chi connectivity index (χ0n) is 11.7. The van der Waals surface area contributed by atoms with Gasteiger partial charge in [-0.2, -0.15) is 0 Å². The summed E-state index contributed by atoms with van der Waals surface area (Å²) in [7, 11) is 0. The van der Waals surface area contributed by atoms with Crippen LogP contribution in [0.1, 0.15) is 10.4 Å². The second-order valence-corrected chi connectivity index (χ2v) is 5.91. The number of Topliss-reactive ketones (excluding diaryl/α,β-unsaturated/α-hetero) is 1. The van der Waals surface area contributed by atoms with Gasteiger partial charge in [0.2, 0.25) is 5.78 Å². The molecular weight excluding hydrogens is 304 g/mol. The van der Waals surface area contributed by atoms with Crippen LogP contribution in [-0.4, -0.2) is 52.3 Å². The summed E-state index contributed by atoms with van der Waals surface area (Å²) in [6.07, 6.45) is 1.61. The number of fused-ring (bicyclic) bond motifs is 1. The van der Waals surface area contributed by atoms with E-state index in [1.807, 2.05) is 24.3 Å². The molecule has 2 aromatic rings. The average Bonchev–Trinajstić information content (AvgIpc) is 3.12. The van der Waals surface area contributed by atoms with Gasteiger partial charge in [0.05, 0.1) is 0 Å². The Morgan fingerprint density at radius 3 is 2.91 bits per heavy atom. The lowest BCUT2D eigenvalue weighted by molar-refractivity contribution is -0.142. The fraction of sp³-hybridized carbons (Fsp3) is 0.267. The van der Waals surface area contributed by atoms with E-state index >= 15 is 0 Å². The van der Waals surface area contributed by atoms with Crippen LogP contribution in [0.2, 0.25) is 0 Å². The molecule has 3 rings (SSSR count). The largest absolute Gasteiger partial charge is 0.456 e. The van der Waals surface area contributed by atoms with Crippen LogP contribution in [0.3, 0.4) is 0 Å². The molecule has 1 aliphatic rings. The van der Waals surface area contributed by atoms with Gasteiger partial charge in [-0.15, -0.1) is 0 Å². The van der Waals surface area contributed by atoms with Gasteiger partial charge in [0.1, 0.15) is 6.54 Å². The molecular formula is C15H14N2O4S. The van der Waals surface area contributed by atoms with E-state index in [9.17, 15) is 14.4 Å². The molecule has 6 nitrogen and oxygen atoms in total. The zero-order valence-corrected chi connectivity index (χ0v) is 12.5. The number of para-hydroxylation sites is 1. The first-order valence-corrected chi connectivity index (χ1v) is 7.80. The lowest BCUT2D eigenvalue weighted by atomic mass is 10.1. The second kappa shape index (κ2) is 6.23. The molecule has 1 aliphatic heterocycles. The quantitative estimate of drug-likeness (QED) is 0.674.